The fraction of sp³-hybridized carbons (Fsp3) is 0.444. The minimum atomic E-state index is -0.220. The lowest BCUT2D eigenvalue weighted by Gasteiger charge is -2.27. The summed E-state index contributed by atoms with van der Waals surface area (Å²) in [5, 5.41) is 15.5. The van der Waals surface area contributed by atoms with Gasteiger partial charge in [0.2, 0.25) is 0 Å². The molecule has 0 spiro atoms. The highest BCUT2D eigenvalue weighted by Gasteiger charge is 2.19. The van der Waals surface area contributed by atoms with Gasteiger partial charge in [-0.1, -0.05) is 6.07 Å². The first kappa shape index (κ1) is 18.6. The number of carbonyl (C=O) groups excluding carboxylic acids is 1. The Labute approximate surface area is 148 Å². The average molecular weight is 344 g/mol. The summed E-state index contributed by atoms with van der Waals surface area (Å²) in [5.74, 6) is 1.15. The molecule has 1 aliphatic rings. The molecule has 2 N–H and O–H groups in total. The third-order valence-electron chi connectivity index (χ3n) is 4.01. The highest BCUT2D eigenvalue weighted by molar-refractivity contribution is 5.97. The quantitative estimate of drug-likeness (QED) is 0.430. The summed E-state index contributed by atoms with van der Waals surface area (Å²) in [6.07, 6.45) is 2.24. The number of ether oxygens (including phenoxy) is 2. The van der Waals surface area contributed by atoms with E-state index in [4.69, 9.17) is 9.47 Å². The van der Waals surface area contributed by atoms with Gasteiger partial charge in [0.25, 0.3) is 5.91 Å². The molecule has 134 valence electrons. The number of piperazine rings is 1. The number of nitriles is 1. The van der Waals surface area contributed by atoms with Crippen LogP contribution in [0.1, 0.15) is 5.56 Å². The standard InChI is InChI=1S/C18H24N4O3/c1-24-16-4-3-14(11-17(16)25-2)5-6-21-13-15(12-19)18(23)22-9-7-20-8-10-22/h3-4,11,13,20-21H,5-10H2,1-2H3/b15-13-. The number of carbonyl (C=O) groups is 1. The summed E-state index contributed by atoms with van der Waals surface area (Å²) < 4.78 is 10.5. The van der Waals surface area contributed by atoms with Gasteiger partial charge in [-0.25, -0.2) is 0 Å². The van der Waals surface area contributed by atoms with Gasteiger partial charge in [-0.15, -0.1) is 0 Å². The van der Waals surface area contributed by atoms with Gasteiger partial charge in [-0.05, 0) is 24.1 Å². The summed E-state index contributed by atoms with van der Waals surface area (Å²) in [4.78, 5) is 14.0. The van der Waals surface area contributed by atoms with E-state index in [-0.39, 0.29) is 11.5 Å². The van der Waals surface area contributed by atoms with Crippen molar-refractivity contribution in [1.82, 2.24) is 15.5 Å². The first-order valence-corrected chi connectivity index (χ1v) is 8.24. The molecule has 7 heteroatoms. The van der Waals surface area contributed by atoms with Gasteiger partial charge in [0, 0.05) is 38.9 Å². The molecule has 0 aromatic heterocycles. The van der Waals surface area contributed by atoms with Crippen molar-refractivity contribution in [3.05, 3.63) is 35.5 Å². The molecular formula is C18H24N4O3. The van der Waals surface area contributed by atoms with Crippen molar-refractivity contribution in [1.29, 1.82) is 5.26 Å². The molecular weight excluding hydrogens is 320 g/mol. The minimum Gasteiger partial charge on any atom is -0.493 e. The van der Waals surface area contributed by atoms with Gasteiger partial charge in [0.1, 0.15) is 11.6 Å². The second-order valence-corrected chi connectivity index (χ2v) is 5.61. The topological polar surface area (TPSA) is 86.6 Å². The van der Waals surface area contributed by atoms with E-state index in [2.05, 4.69) is 10.6 Å². The van der Waals surface area contributed by atoms with Crippen molar-refractivity contribution in [2.75, 3.05) is 46.9 Å². The highest BCUT2D eigenvalue weighted by Crippen LogP contribution is 2.27. The number of nitrogens with one attached hydrogen (secondary N) is 2. The van der Waals surface area contributed by atoms with Crippen molar-refractivity contribution in [2.24, 2.45) is 0 Å². The van der Waals surface area contributed by atoms with Crippen LogP contribution in [0.25, 0.3) is 0 Å². The van der Waals surface area contributed by atoms with Crippen molar-refractivity contribution < 1.29 is 14.3 Å². The largest absolute Gasteiger partial charge is 0.493 e. The summed E-state index contributed by atoms with van der Waals surface area (Å²) in [6.45, 7) is 3.39. The third kappa shape index (κ3) is 5.13. The lowest BCUT2D eigenvalue weighted by atomic mass is 10.1. The monoisotopic (exact) mass is 344 g/mol. The molecule has 1 saturated heterocycles. The lowest BCUT2D eigenvalue weighted by Crippen LogP contribution is -2.46. The van der Waals surface area contributed by atoms with E-state index in [0.717, 1.165) is 25.1 Å². The van der Waals surface area contributed by atoms with Crippen LogP contribution < -0.4 is 20.1 Å². The Kier molecular flexibility index (Phi) is 7.11. The molecule has 1 amide bonds. The number of nitrogens with zero attached hydrogens (tertiary/aromatic N) is 2. The fourth-order valence-electron chi connectivity index (χ4n) is 2.61. The third-order valence-corrected chi connectivity index (χ3v) is 4.01. The molecule has 0 atom stereocenters. The molecule has 25 heavy (non-hydrogen) atoms. The molecule has 2 rings (SSSR count). The van der Waals surface area contributed by atoms with Crippen molar-refractivity contribution in [3.8, 4) is 17.6 Å². The second kappa shape index (κ2) is 9.55. The Morgan fingerprint density at radius 1 is 1.32 bits per heavy atom. The molecule has 0 aliphatic carbocycles. The van der Waals surface area contributed by atoms with Crippen molar-refractivity contribution in [3.63, 3.8) is 0 Å². The van der Waals surface area contributed by atoms with E-state index < -0.39 is 0 Å². The van der Waals surface area contributed by atoms with Crippen LogP contribution in [0.2, 0.25) is 0 Å². The summed E-state index contributed by atoms with van der Waals surface area (Å²) in [5.41, 5.74) is 1.21. The molecule has 1 fully saturated rings. The first-order chi connectivity index (χ1) is 12.2. The average Bonchev–Trinajstić information content (AvgIpc) is 2.68. The maximum atomic E-state index is 12.3. The van der Waals surface area contributed by atoms with Gasteiger partial charge in [0.15, 0.2) is 11.5 Å². The number of amides is 1. The van der Waals surface area contributed by atoms with Crippen LogP contribution in [0.15, 0.2) is 30.0 Å². The van der Waals surface area contributed by atoms with Crippen LogP contribution >= 0.6 is 0 Å². The normalized spacial score (nSPS) is 14.6. The minimum absolute atomic E-state index is 0.134. The number of benzene rings is 1. The Morgan fingerprint density at radius 3 is 2.68 bits per heavy atom. The molecule has 0 unspecified atom stereocenters. The van der Waals surface area contributed by atoms with Gasteiger partial charge < -0.3 is 25.0 Å². The SMILES string of the molecule is COc1ccc(CCN/C=C(/C#N)C(=O)N2CCNCC2)cc1OC. The Bertz CT molecular complexity index is 661. The zero-order chi connectivity index (χ0) is 18.1. The highest BCUT2D eigenvalue weighted by atomic mass is 16.5. The molecule has 0 radical (unpaired) electrons. The molecule has 0 bridgehead atoms. The van der Waals surface area contributed by atoms with Crippen LogP contribution in [0, 0.1) is 11.3 Å². The predicted octanol–water partition coefficient (Wildman–Crippen LogP) is 0.675. The van der Waals surface area contributed by atoms with Gasteiger partial charge >= 0.3 is 0 Å². The zero-order valence-electron chi connectivity index (χ0n) is 14.7. The van der Waals surface area contributed by atoms with E-state index in [1.54, 1.807) is 19.1 Å². The fourth-order valence-corrected chi connectivity index (χ4v) is 2.61. The summed E-state index contributed by atoms with van der Waals surface area (Å²) in [7, 11) is 3.20. The molecule has 7 nitrogen and oxygen atoms in total. The lowest BCUT2D eigenvalue weighted by molar-refractivity contribution is -0.127. The molecule has 1 aromatic carbocycles. The van der Waals surface area contributed by atoms with Crippen LogP contribution in [-0.4, -0.2) is 57.8 Å². The van der Waals surface area contributed by atoms with E-state index in [0.29, 0.717) is 31.1 Å². The smallest absolute Gasteiger partial charge is 0.266 e. The molecule has 1 aliphatic heterocycles. The maximum absolute atomic E-state index is 12.3. The van der Waals surface area contributed by atoms with Crippen LogP contribution in [0.4, 0.5) is 0 Å². The predicted molar refractivity (Wildman–Crippen MR) is 94.4 cm³/mol. The molecule has 1 heterocycles. The number of methoxy groups -OCH3 is 2. The van der Waals surface area contributed by atoms with Crippen LogP contribution in [0.3, 0.4) is 0 Å². The second-order valence-electron chi connectivity index (χ2n) is 5.61. The summed E-state index contributed by atoms with van der Waals surface area (Å²) >= 11 is 0. The Balaban J connectivity index is 1.88. The number of hydrogen-bond donors (Lipinski definition) is 2. The number of rotatable bonds is 7. The van der Waals surface area contributed by atoms with E-state index in [9.17, 15) is 10.1 Å². The Morgan fingerprint density at radius 2 is 2.04 bits per heavy atom. The van der Waals surface area contributed by atoms with E-state index in [1.165, 1.54) is 6.20 Å². The van der Waals surface area contributed by atoms with Gasteiger partial charge in [0.05, 0.1) is 14.2 Å². The molecule has 0 saturated carbocycles. The zero-order valence-corrected chi connectivity index (χ0v) is 14.7. The molecule has 1 aromatic rings. The maximum Gasteiger partial charge on any atom is 0.266 e. The van der Waals surface area contributed by atoms with E-state index >= 15 is 0 Å². The van der Waals surface area contributed by atoms with E-state index in [1.807, 2.05) is 24.3 Å². The van der Waals surface area contributed by atoms with Crippen molar-refractivity contribution >= 4 is 5.91 Å². The van der Waals surface area contributed by atoms with Crippen LogP contribution in [0.5, 0.6) is 11.5 Å². The van der Waals surface area contributed by atoms with Crippen molar-refractivity contribution in [2.45, 2.75) is 6.42 Å². The number of hydrogen-bond acceptors (Lipinski definition) is 6. The first-order valence-electron chi connectivity index (χ1n) is 8.24. The van der Waals surface area contributed by atoms with Gasteiger partial charge in [-0.2, -0.15) is 5.26 Å². The Hall–Kier alpha value is -2.72. The van der Waals surface area contributed by atoms with Gasteiger partial charge in [-0.3, -0.25) is 4.79 Å². The van der Waals surface area contributed by atoms with Crippen LogP contribution in [-0.2, 0) is 11.2 Å². The summed E-state index contributed by atoms with van der Waals surface area (Å²) in [6, 6.07) is 7.72.